The van der Waals surface area contributed by atoms with E-state index in [1.807, 2.05) is 41.3 Å². The molecule has 5 rings (SSSR count). The number of nitrogens with zero attached hydrogens (tertiary/aromatic N) is 3. The van der Waals surface area contributed by atoms with Crippen molar-refractivity contribution in [2.24, 2.45) is 0 Å². The highest BCUT2D eigenvalue weighted by Gasteiger charge is 2.24. The summed E-state index contributed by atoms with van der Waals surface area (Å²) in [7, 11) is 0. The summed E-state index contributed by atoms with van der Waals surface area (Å²) in [5, 5.41) is 1.66. The summed E-state index contributed by atoms with van der Waals surface area (Å²) in [6.07, 6.45) is 0. The Morgan fingerprint density at radius 3 is 2.19 bits per heavy atom. The topological polar surface area (TPSA) is 53.5 Å². The van der Waals surface area contributed by atoms with Gasteiger partial charge in [0.2, 0.25) is 0 Å². The third kappa shape index (κ3) is 4.11. The van der Waals surface area contributed by atoms with Crippen molar-refractivity contribution in [2.75, 3.05) is 31.1 Å². The average molecular weight is 462 g/mol. The molecule has 1 aliphatic heterocycles. The molecule has 0 spiro atoms. The van der Waals surface area contributed by atoms with Crippen LogP contribution in [0.4, 0.5) is 5.13 Å². The first kappa shape index (κ1) is 20.7. The van der Waals surface area contributed by atoms with E-state index in [1.165, 1.54) is 0 Å². The van der Waals surface area contributed by atoms with Crippen LogP contribution in [0, 0.1) is 0 Å². The van der Waals surface area contributed by atoms with Crippen molar-refractivity contribution in [3.63, 3.8) is 0 Å². The van der Waals surface area contributed by atoms with Crippen molar-refractivity contribution in [3.8, 4) is 0 Å². The number of aromatic nitrogens is 1. The van der Waals surface area contributed by atoms with Crippen LogP contribution in [0.1, 0.15) is 26.3 Å². The number of amides is 1. The van der Waals surface area contributed by atoms with E-state index in [9.17, 15) is 9.59 Å². The zero-order chi connectivity index (χ0) is 22.1. The summed E-state index contributed by atoms with van der Waals surface area (Å²) < 4.78 is 1.07. The van der Waals surface area contributed by atoms with Gasteiger partial charge in [0.15, 0.2) is 10.9 Å². The fourth-order valence-corrected chi connectivity index (χ4v) is 5.12. The minimum atomic E-state index is -0.0460. The lowest BCUT2D eigenvalue weighted by Crippen LogP contribution is -2.48. The van der Waals surface area contributed by atoms with Crippen molar-refractivity contribution in [1.82, 2.24) is 9.88 Å². The molecule has 1 aliphatic rings. The maximum atomic E-state index is 13.0. The van der Waals surface area contributed by atoms with Crippen molar-refractivity contribution >= 4 is 50.0 Å². The molecule has 160 valence electrons. The molecule has 0 unspecified atom stereocenters. The molecule has 5 nitrogen and oxygen atoms in total. The lowest BCUT2D eigenvalue weighted by atomic mass is 10.0. The van der Waals surface area contributed by atoms with E-state index in [4.69, 9.17) is 16.6 Å². The van der Waals surface area contributed by atoms with Crippen molar-refractivity contribution in [1.29, 1.82) is 0 Å². The molecule has 2 heterocycles. The maximum Gasteiger partial charge on any atom is 0.253 e. The van der Waals surface area contributed by atoms with Gasteiger partial charge in [0, 0.05) is 47.9 Å². The Bertz CT molecular complexity index is 1280. The monoisotopic (exact) mass is 461 g/mol. The largest absolute Gasteiger partial charge is 0.345 e. The average Bonchev–Trinajstić information content (AvgIpc) is 3.27. The standard InChI is InChI=1S/C25H20ClN3O2S/c26-20-10-11-21-22(16-20)32-25(27-21)29-14-12-28(13-15-29)24(31)19-8-6-18(7-9-19)23(30)17-4-2-1-3-5-17/h1-11,16H,12-15H2. The van der Waals surface area contributed by atoms with E-state index in [2.05, 4.69) is 4.90 Å². The van der Waals surface area contributed by atoms with Gasteiger partial charge >= 0.3 is 0 Å². The molecule has 0 bridgehead atoms. The molecular weight excluding hydrogens is 442 g/mol. The zero-order valence-corrected chi connectivity index (χ0v) is 18.8. The first-order chi connectivity index (χ1) is 15.6. The highest BCUT2D eigenvalue weighted by atomic mass is 35.5. The molecule has 0 aliphatic carbocycles. The first-order valence-corrected chi connectivity index (χ1v) is 11.6. The van der Waals surface area contributed by atoms with Crippen LogP contribution < -0.4 is 4.90 Å². The van der Waals surface area contributed by atoms with E-state index in [1.54, 1.807) is 47.7 Å². The lowest BCUT2D eigenvalue weighted by molar-refractivity contribution is 0.0746. The number of ketones is 1. The van der Waals surface area contributed by atoms with E-state index in [0.717, 1.165) is 28.4 Å². The Morgan fingerprint density at radius 2 is 1.47 bits per heavy atom. The number of piperazine rings is 1. The fraction of sp³-hybridized carbons (Fsp3) is 0.160. The number of halogens is 1. The molecule has 1 fully saturated rings. The molecule has 7 heteroatoms. The van der Waals surface area contributed by atoms with Gasteiger partial charge in [-0.3, -0.25) is 9.59 Å². The van der Waals surface area contributed by atoms with Crippen LogP contribution in [0.5, 0.6) is 0 Å². The van der Waals surface area contributed by atoms with Crippen LogP contribution in [0.15, 0.2) is 72.8 Å². The van der Waals surface area contributed by atoms with Gasteiger partial charge in [0.1, 0.15) is 0 Å². The second kappa shape index (κ2) is 8.73. The summed E-state index contributed by atoms with van der Waals surface area (Å²) in [4.78, 5) is 34.3. The maximum absolute atomic E-state index is 13.0. The highest BCUT2D eigenvalue weighted by molar-refractivity contribution is 7.22. The van der Waals surface area contributed by atoms with Crippen LogP contribution in [-0.2, 0) is 0 Å². The molecule has 4 aromatic rings. The Hall–Kier alpha value is -3.22. The quantitative estimate of drug-likeness (QED) is 0.395. The molecule has 1 aromatic heterocycles. The normalized spacial score (nSPS) is 14.0. The molecule has 0 saturated carbocycles. The molecular formula is C25H20ClN3O2S. The molecule has 1 amide bonds. The van der Waals surface area contributed by atoms with E-state index >= 15 is 0 Å². The molecule has 32 heavy (non-hydrogen) atoms. The SMILES string of the molecule is O=C(c1ccccc1)c1ccc(C(=O)N2CCN(c3nc4ccc(Cl)cc4s3)CC2)cc1. The van der Waals surface area contributed by atoms with Crippen LogP contribution in [-0.4, -0.2) is 47.8 Å². The van der Waals surface area contributed by atoms with Crippen molar-refractivity contribution < 1.29 is 9.59 Å². The number of carbonyl (C=O) groups is 2. The highest BCUT2D eigenvalue weighted by Crippen LogP contribution is 2.31. The molecule has 0 radical (unpaired) electrons. The Balaban J connectivity index is 1.23. The summed E-state index contributed by atoms with van der Waals surface area (Å²) in [6, 6.07) is 21.8. The minimum absolute atomic E-state index is 0.0144. The first-order valence-electron chi connectivity index (χ1n) is 10.4. The van der Waals surface area contributed by atoms with Gasteiger partial charge in [-0.25, -0.2) is 4.98 Å². The van der Waals surface area contributed by atoms with Gasteiger partial charge in [-0.15, -0.1) is 0 Å². The van der Waals surface area contributed by atoms with Crippen LogP contribution >= 0.6 is 22.9 Å². The second-order valence-corrected chi connectivity index (χ2v) is 9.11. The Morgan fingerprint density at radius 1 is 0.812 bits per heavy atom. The Kier molecular flexibility index (Phi) is 5.64. The minimum Gasteiger partial charge on any atom is -0.345 e. The van der Waals surface area contributed by atoms with Crippen LogP contribution in [0.3, 0.4) is 0 Å². The van der Waals surface area contributed by atoms with Gasteiger partial charge in [0.25, 0.3) is 5.91 Å². The molecule has 3 aromatic carbocycles. The lowest BCUT2D eigenvalue weighted by Gasteiger charge is -2.34. The fourth-order valence-electron chi connectivity index (χ4n) is 3.83. The van der Waals surface area contributed by atoms with Crippen molar-refractivity contribution in [2.45, 2.75) is 0 Å². The van der Waals surface area contributed by atoms with E-state index in [-0.39, 0.29) is 11.7 Å². The van der Waals surface area contributed by atoms with Gasteiger partial charge in [0.05, 0.1) is 10.2 Å². The van der Waals surface area contributed by atoms with Gasteiger partial charge in [-0.05, 0) is 30.3 Å². The number of hydrogen-bond acceptors (Lipinski definition) is 5. The predicted octanol–water partition coefficient (Wildman–Crippen LogP) is 5.14. The summed E-state index contributed by atoms with van der Waals surface area (Å²) in [6.45, 7) is 2.70. The smallest absolute Gasteiger partial charge is 0.253 e. The number of carbonyl (C=O) groups excluding carboxylic acids is 2. The van der Waals surface area contributed by atoms with Gasteiger partial charge in [-0.1, -0.05) is 65.4 Å². The molecule has 0 atom stereocenters. The molecule has 1 saturated heterocycles. The van der Waals surface area contributed by atoms with Gasteiger partial charge < -0.3 is 9.80 Å². The predicted molar refractivity (Wildman–Crippen MR) is 129 cm³/mol. The third-order valence-electron chi connectivity index (χ3n) is 5.61. The Labute approximate surface area is 194 Å². The van der Waals surface area contributed by atoms with Crippen LogP contribution in [0.2, 0.25) is 5.02 Å². The zero-order valence-electron chi connectivity index (χ0n) is 17.2. The van der Waals surface area contributed by atoms with Crippen molar-refractivity contribution in [3.05, 3.63) is 94.5 Å². The second-order valence-electron chi connectivity index (χ2n) is 7.66. The third-order valence-corrected chi connectivity index (χ3v) is 6.92. The van der Waals surface area contributed by atoms with E-state index < -0.39 is 0 Å². The van der Waals surface area contributed by atoms with Gasteiger partial charge in [-0.2, -0.15) is 0 Å². The number of fused-ring (bicyclic) bond motifs is 1. The molecule has 0 N–H and O–H groups in total. The number of hydrogen-bond donors (Lipinski definition) is 0. The number of benzene rings is 3. The summed E-state index contributed by atoms with van der Waals surface area (Å²) in [5.74, 6) is -0.0604. The van der Waals surface area contributed by atoms with E-state index in [0.29, 0.717) is 34.8 Å². The summed E-state index contributed by atoms with van der Waals surface area (Å²) in [5.41, 5.74) is 2.75. The summed E-state index contributed by atoms with van der Waals surface area (Å²) >= 11 is 7.71. The number of thiazole rings is 1. The van der Waals surface area contributed by atoms with Crippen LogP contribution in [0.25, 0.3) is 10.2 Å². The number of rotatable bonds is 4. The number of anilines is 1.